The molecule has 3 rings (SSSR count). The first-order chi connectivity index (χ1) is 12.1. The number of rotatable bonds is 5. The molecule has 0 atom stereocenters. The van der Waals surface area contributed by atoms with Crippen molar-refractivity contribution in [3.05, 3.63) is 66.1 Å². The number of anilines is 1. The summed E-state index contributed by atoms with van der Waals surface area (Å²) in [5, 5.41) is 3.73. The van der Waals surface area contributed by atoms with Crippen molar-refractivity contribution in [2.24, 2.45) is 0 Å². The van der Waals surface area contributed by atoms with Crippen LogP contribution in [-0.2, 0) is 11.2 Å². The van der Waals surface area contributed by atoms with Crippen molar-refractivity contribution in [3.8, 4) is 11.4 Å². The average molecular weight is 343 g/mol. The molecule has 1 amide bonds. The van der Waals surface area contributed by atoms with E-state index in [1.54, 1.807) is 30.3 Å². The Balaban J connectivity index is 1.65. The minimum atomic E-state index is -0.474. The third kappa shape index (κ3) is 3.71. The quantitative estimate of drug-likeness (QED) is 0.710. The summed E-state index contributed by atoms with van der Waals surface area (Å²) >= 11 is 0. The van der Waals surface area contributed by atoms with Gasteiger partial charge in [-0.15, -0.1) is 0 Å². The molecule has 1 heterocycles. The van der Waals surface area contributed by atoms with Crippen LogP contribution in [0.15, 0.2) is 53.1 Å². The van der Waals surface area contributed by atoms with Gasteiger partial charge < -0.3 is 9.42 Å². The molecule has 0 fully saturated rings. The molecule has 7 heteroatoms. The summed E-state index contributed by atoms with van der Waals surface area (Å²) in [4.78, 5) is 17.5. The SMILES string of the molecule is CN(C(=O)CCc1nc(-c2ccccc2F)no1)c1ccccc1F. The van der Waals surface area contributed by atoms with Crippen LogP contribution in [0.5, 0.6) is 0 Å². The standard InChI is InChI=1S/C18H15F2N3O2/c1-23(15-9-5-4-8-14(15)20)17(24)11-10-16-21-18(22-25-16)12-6-2-3-7-13(12)19/h2-9H,10-11H2,1H3. The molecule has 0 aliphatic heterocycles. The van der Waals surface area contributed by atoms with Gasteiger partial charge in [-0.2, -0.15) is 4.98 Å². The highest BCUT2D eigenvalue weighted by Crippen LogP contribution is 2.21. The molecule has 0 aliphatic carbocycles. The zero-order valence-electron chi connectivity index (χ0n) is 13.4. The second-order valence-electron chi connectivity index (χ2n) is 5.40. The van der Waals surface area contributed by atoms with Gasteiger partial charge in [0.2, 0.25) is 17.6 Å². The largest absolute Gasteiger partial charge is 0.339 e. The molecule has 0 bridgehead atoms. The van der Waals surface area contributed by atoms with E-state index in [0.717, 1.165) is 0 Å². The van der Waals surface area contributed by atoms with Crippen molar-refractivity contribution in [1.29, 1.82) is 0 Å². The van der Waals surface area contributed by atoms with Crippen molar-refractivity contribution < 1.29 is 18.1 Å². The number of aryl methyl sites for hydroxylation is 1. The number of carbonyl (C=O) groups is 1. The maximum atomic E-state index is 13.7. The van der Waals surface area contributed by atoms with Gasteiger partial charge in [-0.25, -0.2) is 8.78 Å². The van der Waals surface area contributed by atoms with E-state index in [1.165, 1.54) is 30.1 Å². The molecule has 0 saturated carbocycles. The van der Waals surface area contributed by atoms with E-state index >= 15 is 0 Å². The molecular weight excluding hydrogens is 328 g/mol. The molecule has 25 heavy (non-hydrogen) atoms. The zero-order valence-corrected chi connectivity index (χ0v) is 13.4. The van der Waals surface area contributed by atoms with Gasteiger partial charge in [0, 0.05) is 19.9 Å². The number of para-hydroxylation sites is 1. The predicted octanol–water partition coefficient (Wildman–Crippen LogP) is 3.61. The summed E-state index contributed by atoms with van der Waals surface area (Å²) in [5.41, 5.74) is 0.428. The first-order valence-corrected chi connectivity index (χ1v) is 7.65. The molecule has 0 aliphatic rings. The minimum Gasteiger partial charge on any atom is -0.339 e. The number of hydrogen-bond acceptors (Lipinski definition) is 4. The van der Waals surface area contributed by atoms with E-state index in [9.17, 15) is 13.6 Å². The van der Waals surface area contributed by atoms with Crippen LogP contribution in [0.4, 0.5) is 14.5 Å². The van der Waals surface area contributed by atoms with Gasteiger partial charge in [0.15, 0.2) is 0 Å². The van der Waals surface area contributed by atoms with Gasteiger partial charge in [-0.1, -0.05) is 29.4 Å². The molecule has 2 aromatic carbocycles. The summed E-state index contributed by atoms with van der Waals surface area (Å²) in [5.74, 6) is -0.879. The maximum Gasteiger partial charge on any atom is 0.227 e. The van der Waals surface area contributed by atoms with E-state index in [4.69, 9.17) is 4.52 Å². The minimum absolute atomic E-state index is 0.0593. The Morgan fingerprint density at radius 2 is 1.76 bits per heavy atom. The summed E-state index contributed by atoms with van der Waals surface area (Å²) in [6, 6.07) is 12.1. The van der Waals surface area contributed by atoms with Crippen molar-refractivity contribution in [3.63, 3.8) is 0 Å². The number of benzene rings is 2. The van der Waals surface area contributed by atoms with Crippen LogP contribution in [0, 0.1) is 11.6 Å². The van der Waals surface area contributed by atoms with Crippen LogP contribution in [-0.4, -0.2) is 23.1 Å². The van der Waals surface area contributed by atoms with Crippen LogP contribution in [0.2, 0.25) is 0 Å². The Labute approximate surface area is 142 Å². The normalized spacial score (nSPS) is 10.7. The highest BCUT2D eigenvalue weighted by molar-refractivity contribution is 5.92. The van der Waals surface area contributed by atoms with Gasteiger partial charge in [-0.3, -0.25) is 4.79 Å². The van der Waals surface area contributed by atoms with Crippen LogP contribution in [0.3, 0.4) is 0 Å². The first kappa shape index (κ1) is 16.8. The molecule has 0 radical (unpaired) electrons. The predicted molar refractivity (Wildman–Crippen MR) is 87.8 cm³/mol. The van der Waals surface area contributed by atoms with Gasteiger partial charge in [0.25, 0.3) is 0 Å². The summed E-state index contributed by atoms with van der Waals surface area (Å²) < 4.78 is 32.5. The summed E-state index contributed by atoms with van der Waals surface area (Å²) in [7, 11) is 1.50. The molecule has 0 spiro atoms. The third-order valence-electron chi connectivity index (χ3n) is 3.72. The fourth-order valence-corrected chi connectivity index (χ4v) is 2.35. The molecule has 128 valence electrons. The van der Waals surface area contributed by atoms with E-state index in [2.05, 4.69) is 10.1 Å². The Morgan fingerprint density at radius 3 is 2.48 bits per heavy atom. The molecule has 5 nitrogen and oxygen atoms in total. The summed E-state index contributed by atoms with van der Waals surface area (Å²) in [6.45, 7) is 0. The topological polar surface area (TPSA) is 59.2 Å². The Morgan fingerprint density at radius 1 is 1.08 bits per heavy atom. The number of carbonyl (C=O) groups excluding carboxylic acids is 1. The molecular formula is C18H15F2N3O2. The van der Waals surface area contributed by atoms with Gasteiger partial charge in [-0.05, 0) is 24.3 Å². The molecule has 1 aromatic heterocycles. The lowest BCUT2D eigenvalue weighted by atomic mass is 10.2. The Bertz CT molecular complexity index is 895. The van der Waals surface area contributed by atoms with Gasteiger partial charge in [0.1, 0.15) is 11.6 Å². The van der Waals surface area contributed by atoms with E-state index in [1.807, 2.05) is 0 Å². The van der Waals surface area contributed by atoms with E-state index in [-0.39, 0.29) is 41.7 Å². The molecule has 0 saturated heterocycles. The number of hydrogen-bond donors (Lipinski definition) is 0. The first-order valence-electron chi connectivity index (χ1n) is 7.65. The maximum absolute atomic E-state index is 13.7. The highest BCUT2D eigenvalue weighted by atomic mass is 19.1. The monoisotopic (exact) mass is 343 g/mol. The zero-order chi connectivity index (χ0) is 17.8. The van der Waals surface area contributed by atoms with Crippen molar-refractivity contribution in [2.75, 3.05) is 11.9 Å². The van der Waals surface area contributed by atoms with Crippen molar-refractivity contribution in [1.82, 2.24) is 10.1 Å². The lowest BCUT2D eigenvalue weighted by molar-refractivity contribution is -0.118. The van der Waals surface area contributed by atoms with Crippen LogP contribution >= 0.6 is 0 Å². The summed E-state index contributed by atoms with van der Waals surface area (Å²) in [6.07, 6.45) is 0.239. The fourth-order valence-electron chi connectivity index (χ4n) is 2.35. The Kier molecular flexibility index (Phi) is 4.83. The van der Waals surface area contributed by atoms with Crippen molar-refractivity contribution in [2.45, 2.75) is 12.8 Å². The smallest absolute Gasteiger partial charge is 0.227 e. The van der Waals surface area contributed by atoms with E-state index in [0.29, 0.717) is 0 Å². The average Bonchev–Trinajstić information content (AvgIpc) is 3.08. The number of halogens is 2. The van der Waals surface area contributed by atoms with Crippen LogP contribution in [0.1, 0.15) is 12.3 Å². The number of nitrogens with zero attached hydrogens (tertiary/aromatic N) is 3. The van der Waals surface area contributed by atoms with Gasteiger partial charge in [0.05, 0.1) is 11.3 Å². The highest BCUT2D eigenvalue weighted by Gasteiger charge is 2.17. The van der Waals surface area contributed by atoms with Crippen LogP contribution in [0.25, 0.3) is 11.4 Å². The van der Waals surface area contributed by atoms with Gasteiger partial charge >= 0.3 is 0 Å². The lowest BCUT2D eigenvalue weighted by Crippen LogP contribution is -2.27. The Hall–Kier alpha value is -3.09. The second kappa shape index (κ2) is 7.21. The molecule has 3 aromatic rings. The van der Waals surface area contributed by atoms with E-state index < -0.39 is 11.6 Å². The lowest BCUT2D eigenvalue weighted by Gasteiger charge is -2.17. The fraction of sp³-hybridized carbons (Fsp3) is 0.167. The number of amides is 1. The number of aromatic nitrogens is 2. The second-order valence-corrected chi connectivity index (χ2v) is 5.40. The van der Waals surface area contributed by atoms with Crippen molar-refractivity contribution >= 4 is 11.6 Å². The third-order valence-corrected chi connectivity index (χ3v) is 3.72. The van der Waals surface area contributed by atoms with Crippen LogP contribution < -0.4 is 4.90 Å². The molecule has 0 unspecified atom stereocenters. The molecule has 0 N–H and O–H groups in total.